The number of para-hydroxylation sites is 2. The Bertz CT molecular complexity index is 1130. The first kappa shape index (κ1) is 18.1. The maximum atomic E-state index is 6.01. The number of fused-ring (bicyclic) bond motifs is 1. The molecule has 0 fully saturated rings. The van der Waals surface area contributed by atoms with Crippen molar-refractivity contribution in [3.8, 4) is 28.3 Å². The van der Waals surface area contributed by atoms with Crippen LogP contribution in [-0.2, 0) is 0 Å². The highest BCUT2D eigenvalue weighted by molar-refractivity contribution is 5.83. The SMILES string of the molecule is COc1ccccc1-c1cccc(-n2cnc3cc([C@@H](C)N)ccc32)c1OC. The first-order valence-electron chi connectivity index (χ1n) is 9.17. The lowest BCUT2D eigenvalue weighted by molar-refractivity contribution is 0.409. The summed E-state index contributed by atoms with van der Waals surface area (Å²) < 4.78 is 13.4. The van der Waals surface area contributed by atoms with E-state index in [1.165, 1.54) is 0 Å². The molecule has 0 unspecified atom stereocenters. The monoisotopic (exact) mass is 373 g/mol. The summed E-state index contributed by atoms with van der Waals surface area (Å²) in [5, 5.41) is 0. The van der Waals surface area contributed by atoms with Crippen LogP contribution < -0.4 is 15.2 Å². The Morgan fingerprint density at radius 1 is 0.929 bits per heavy atom. The standard InChI is InChI=1S/C23H23N3O2/c1-15(24)16-11-12-20-19(13-16)25-14-26(20)21-9-6-8-18(23(21)28-3)17-7-4-5-10-22(17)27-2/h4-15H,24H2,1-3H3/t15-/m1/s1. The van der Waals surface area contributed by atoms with Crippen molar-refractivity contribution in [3.05, 3.63) is 72.6 Å². The van der Waals surface area contributed by atoms with Gasteiger partial charge in [0.25, 0.3) is 0 Å². The van der Waals surface area contributed by atoms with Gasteiger partial charge in [0.2, 0.25) is 0 Å². The minimum absolute atomic E-state index is 0.0297. The van der Waals surface area contributed by atoms with Crippen molar-refractivity contribution in [1.29, 1.82) is 0 Å². The van der Waals surface area contributed by atoms with E-state index in [4.69, 9.17) is 15.2 Å². The van der Waals surface area contributed by atoms with Crippen molar-refractivity contribution in [3.63, 3.8) is 0 Å². The van der Waals surface area contributed by atoms with E-state index in [1.807, 2.05) is 72.4 Å². The summed E-state index contributed by atoms with van der Waals surface area (Å²) in [4.78, 5) is 4.58. The Morgan fingerprint density at radius 2 is 1.71 bits per heavy atom. The van der Waals surface area contributed by atoms with Crippen LogP contribution in [0.1, 0.15) is 18.5 Å². The molecule has 28 heavy (non-hydrogen) atoms. The van der Waals surface area contributed by atoms with Gasteiger partial charge in [0.15, 0.2) is 5.75 Å². The second-order valence-corrected chi connectivity index (χ2v) is 6.71. The minimum atomic E-state index is -0.0297. The zero-order valence-electron chi connectivity index (χ0n) is 16.2. The zero-order valence-corrected chi connectivity index (χ0v) is 16.2. The average Bonchev–Trinajstić information content (AvgIpc) is 3.16. The number of aromatic nitrogens is 2. The number of imidazole rings is 1. The molecule has 0 bridgehead atoms. The van der Waals surface area contributed by atoms with Crippen molar-refractivity contribution in [1.82, 2.24) is 9.55 Å². The molecule has 1 aromatic heterocycles. The summed E-state index contributed by atoms with van der Waals surface area (Å²) >= 11 is 0. The number of nitrogens with two attached hydrogens (primary N) is 1. The largest absolute Gasteiger partial charge is 0.496 e. The molecule has 1 atom stereocenters. The predicted molar refractivity (Wildman–Crippen MR) is 112 cm³/mol. The van der Waals surface area contributed by atoms with Crippen molar-refractivity contribution in [2.45, 2.75) is 13.0 Å². The lowest BCUT2D eigenvalue weighted by Crippen LogP contribution is -2.04. The lowest BCUT2D eigenvalue weighted by Gasteiger charge is -2.16. The first-order valence-corrected chi connectivity index (χ1v) is 9.17. The third-order valence-corrected chi connectivity index (χ3v) is 4.95. The molecule has 0 amide bonds. The molecule has 0 saturated heterocycles. The highest BCUT2D eigenvalue weighted by Crippen LogP contribution is 2.40. The molecule has 5 heteroatoms. The van der Waals surface area contributed by atoms with Crippen molar-refractivity contribution < 1.29 is 9.47 Å². The summed E-state index contributed by atoms with van der Waals surface area (Å²) in [7, 11) is 3.36. The van der Waals surface area contributed by atoms with Crippen LogP contribution in [0.5, 0.6) is 11.5 Å². The quantitative estimate of drug-likeness (QED) is 0.549. The van der Waals surface area contributed by atoms with Crippen molar-refractivity contribution in [2.75, 3.05) is 14.2 Å². The second kappa shape index (κ2) is 7.37. The van der Waals surface area contributed by atoms with E-state index in [-0.39, 0.29) is 6.04 Å². The summed E-state index contributed by atoms with van der Waals surface area (Å²) in [6.45, 7) is 1.97. The molecule has 4 rings (SSSR count). The summed E-state index contributed by atoms with van der Waals surface area (Å²) in [6.07, 6.45) is 1.82. The molecule has 0 aliphatic heterocycles. The topological polar surface area (TPSA) is 62.3 Å². The van der Waals surface area contributed by atoms with Gasteiger partial charge in [-0.25, -0.2) is 4.98 Å². The number of hydrogen-bond acceptors (Lipinski definition) is 4. The minimum Gasteiger partial charge on any atom is -0.496 e. The Morgan fingerprint density at radius 3 is 2.46 bits per heavy atom. The number of benzene rings is 3. The van der Waals surface area contributed by atoms with Gasteiger partial charge in [-0.2, -0.15) is 0 Å². The molecular formula is C23H23N3O2. The maximum absolute atomic E-state index is 6.01. The Labute approximate surface area is 164 Å². The van der Waals surface area contributed by atoms with Crippen LogP contribution in [0.3, 0.4) is 0 Å². The molecule has 142 valence electrons. The fourth-order valence-corrected chi connectivity index (χ4v) is 3.51. The van der Waals surface area contributed by atoms with E-state index in [1.54, 1.807) is 14.2 Å². The van der Waals surface area contributed by atoms with Gasteiger partial charge < -0.3 is 15.2 Å². The molecule has 0 saturated carbocycles. The Kier molecular flexibility index (Phi) is 4.75. The van der Waals surface area contributed by atoms with Crippen LogP contribution in [0, 0.1) is 0 Å². The number of ether oxygens (including phenoxy) is 2. The van der Waals surface area contributed by atoms with Gasteiger partial charge in [0, 0.05) is 17.2 Å². The van der Waals surface area contributed by atoms with Crippen molar-refractivity contribution in [2.24, 2.45) is 5.73 Å². The molecule has 0 spiro atoms. The number of hydrogen-bond donors (Lipinski definition) is 1. The number of methoxy groups -OCH3 is 2. The fraction of sp³-hybridized carbons (Fsp3) is 0.174. The van der Waals surface area contributed by atoms with Crippen LogP contribution in [0.4, 0.5) is 0 Å². The van der Waals surface area contributed by atoms with E-state index in [2.05, 4.69) is 11.1 Å². The molecule has 4 aromatic rings. The normalized spacial score (nSPS) is 12.1. The first-order chi connectivity index (χ1) is 13.6. The smallest absolute Gasteiger partial charge is 0.150 e. The van der Waals surface area contributed by atoms with E-state index in [0.29, 0.717) is 0 Å². The summed E-state index contributed by atoms with van der Waals surface area (Å²) in [5.74, 6) is 1.57. The van der Waals surface area contributed by atoms with E-state index >= 15 is 0 Å². The molecule has 0 aliphatic rings. The molecule has 1 heterocycles. The van der Waals surface area contributed by atoms with Crippen LogP contribution >= 0.6 is 0 Å². The second-order valence-electron chi connectivity index (χ2n) is 6.71. The zero-order chi connectivity index (χ0) is 19.7. The summed E-state index contributed by atoms with van der Waals surface area (Å²) in [5.41, 5.74) is 11.8. The molecule has 5 nitrogen and oxygen atoms in total. The van der Waals surface area contributed by atoms with E-state index in [9.17, 15) is 0 Å². The average molecular weight is 373 g/mol. The van der Waals surface area contributed by atoms with Crippen molar-refractivity contribution >= 4 is 11.0 Å². The number of rotatable bonds is 5. The lowest BCUT2D eigenvalue weighted by atomic mass is 10.0. The summed E-state index contributed by atoms with van der Waals surface area (Å²) in [6, 6.07) is 20.1. The highest BCUT2D eigenvalue weighted by Gasteiger charge is 2.17. The molecule has 0 radical (unpaired) electrons. The molecule has 0 aliphatic carbocycles. The Balaban J connectivity index is 1.91. The van der Waals surface area contributed by atoms with Crippen LogP contribution in [0.25, 0.3) is 27.8 Å². The third kappa shape index (κ3) is 3.00. The van der Waals surface area contributed by atoms with Gasteiger partial charge in [-0.3, -0.25) is 4.57 Å². The highest BCUT2D eigenvalue weighted by atomic mass is 16.5. The molecule has 3 aromatic carbocycles. The van der Waals surface area contributed by atoms with Gasteiger partial charge in [0.1, 0.15) is 12.1 Å². The third-order valence-electron chi connectivity index (χ3n) is 4.95. The van der Waals surface area contributed by atoms with Gasteiger partial charge >= 0.3 is 0 Å². The maximum Gasteiger partial charge on any atom is 0.150 e. The number of nitrogens with zero attached hydrogens (tertiary/aromatic N) is 2. The molecular weight excluding hydrogens is 350 g/mol. The predicted octanol–water partition coefficient (Wildman–Crippen LogP) is 4.73. The van der Waals surface area contributed by atoms with Gasteiger partial charge in [-0.1, -0.05) is 36.4 Å². The fourth-order valence-electron chi connectivity index (χ4n) is 3.51. The van der Waals surface area contributed by atoms with Gasteiger partial charge in [-0.15, -0.1) is 0 Å². The van der Waals surface area contributed by atoms with Crippen LogP contribution in [-0.4, -0.2) is 23.8 Å². The van der Waals surface area contributed by atoms with Crippen LogP contribution in [0.15, 0.2) is 67.0 Å². The van der Waals surface area contributed by atoms with Gasteiger partial charge in [0.05, 0.1) is 30.9 Å². The Hall–Kier alpha value is -3.31. The van der Waals surface area contributed by atoms with E-state index < -0.39 is 0 Å². The van der Waals surface area contributed by atoms with Crippen LogP contribution in [0.2, 0.25) is 0 Å². The van der Waals surface area contributed by atoms with E-state index in [0.717, 1.165) is 44.9 Å². The van der Waals surface area contributed by atoms with Gasteiger partial charge in [-0.05, 0) is 36.8 Å². The molecule has 2 N–H and O–H groups in total.